The number of rotatable bonds is 6. The molecule has 0 amide bonds. The van der Waals surface area contributed by atoms with Crippen molar-refractivity contribution in [2.24, 2.45) is 0 Å². The van der Waals surface area contributed by atoms with E-state index in [9.17, 15) is 10.1 Å². The number of benzene rings is 2. The van der Waals surface area contributed by atoms with Crippen LogP contribution in [-0.4, -0.2) is 42.3 Å². The first-order chi connectivity index (χ1) is 14.1. The highest BCUT2D eigenvalue weighted by molar-refractivity contribution is 6.10. The number of carbonyl (C=O) groups excluding carboxylic acids is 1. The van der Waals surface area contributed by atoms with Gasteiger partial charge in [-0.05, 0) is 43.7 Å². The number of hydrogen-bond acceptors (Lipinski definition) is 4. The Morgan fingerprint density at radius 3 is 2.52 bits per heavy atom. The number of carbonyl (C=O) groups is 1. The number of ketones is 1. The summed E-state index contributed by atoms with van der Waals surface area (Å²) in [7, 11) is 4.00. The van der Waals surface area contributed by atoms with Crippen molar-refractivity contribution < 1.29 is 9.53 Å². The summed E-state index contributed by atoms with van der Waals surface area (Å²) in [5, 5.41) is 10.6. The van der Waals surface area contributed by atoms with Crippen molar-refractivity contribution in [1.29, 1.82) is 5.26 Å². The van der Waals surface area contributed by atoms with E-state index in [0.717, 1.165) is 23.2 Å². The van der Waals surface area contributed by atoms with Gasteiger partial charge in [0.15, 0.2) is 0 Å². The Hall–Kier alpha value is -3.62. The lowest BCUT2D eigenvalue weighted by molar-refractivity contribution is 0.103. The molecule has 5 heteroatoms. The van der Waals surface area contributed by atoms with Crippen LogP contribution in [0.5, 0.6) is 5.75 Å². The molecule has 0 saturated carbocycles. The van der Waals surface area contributed by atoms with Crippen LogP contribution < -0.4 is 4.74 Å². The second kappa shape index (κ2) is 7.78. The first kappa shape index (κ1) is 18.7. The molecule has 0 bridgehead atoms. The van der Waals surface area contributed by atoms with Crippen molar-refractivity contribution in [3.05, 3.63) is 83.6 Å². The first-order valence-electron chi connectivity index (χ1n) is 9.44. The summed E-state index contributed by atoms with van der Waals surface area (Å²) in [6.07, 6.45) is 0. The third-order valence-corrected chi connectivity index (χ3v) is 4.90. The van der Waals surface area contributed by atoms with Gasteiger partial charge in [-0.3, -0.25) is 4.79 Å². The maximum absolute atomic E-state index is 13.2. The summed E-state index contributed by atoms with van der Waals surface area (Å²) < 4.78 is 7.75. The summed E-state index contributed by atoms with van der Waals surface area (Å²) in [5.74, 6) is 0.616. The molecular formula is C24H21N3O2. The molecule has 0 N–H and O–H groups in total. The van der Waals surface area contributed by atoms with Crippen LogP contribution in [0.2, 0.25) is 0 Å². The molecule has 0 fully saturated rings. The largest absolute Gasteiger partial charge is 0.492 e. The Morgan fingerprint density at radius 1 is 1.03 bits per heavy atom. The van der Waals surface area contributed by atoms with Crippen LogP contribution in [0.1, 0.15) is 21.6 Å². The maximum atomic E-state index is 13.2. The molecule has 2 heterocycles. The van der Waals surface area contributed by atoms with Crippen LogP contribution >= 0.6 is 0 Å². The third kappa shape index (κ3) is 3.58. The molecule has 0 unspecified atom stereocenters. The molecule has 0 radical (unpaired) electrons. The van der Waals surface area contributed by atoms with Gasteiger partial charge in [0.25, 0.3) is 0 Å². The fourth-order valence-electron chi connectivity index (χ4n) is 3.41. The van der Waals surface area contributed by atoms with Crippen LogP contribution in [0.15, 0.2) is 66.7 Å². The highest BCUT2D eigenvalue weighted by atomic mass is 16.5. The zero-order valence-electron chi connectivity index (χ0n) is 16.4. The topological polar surface area (TPSA) is 57.7 Å². The summed E-state index contributed by atoms with van der Waals surface area (Å²) in [4.78, 5) is 15.3. The van der Waals surface area contributed by atoms with Gasteiger partial charge in [-0.15, -0.1) is 0 Å². The van der Waals surface area contributed by atoms with E-state index in [4.69, 9.17) is 4.74 Å². The van der Waals surface area contributed by atoms with E-state index in [-0.39, 0.29) is 5.78 Å². The van der Waals surface area contributed by atoms with Crippen molar-refractivity contribution in [3.8, 4) is 11.8 Å². The first-order valence-corrected chi connectivity index (χ1v) is 9.44. The molecular weight excluding hydrogens is 362 g/mol. The van der Waals surface area contributed by atoms with E-state index in [0.29, 0.717) is 28.9 Å². The van der Waals surface area contributed by atoms with Gasteiger partial charge in [-0.2, -0.15) is 5.26 Å². The number of nitriles is 1. The van der Waals surface area contributed by atoms with Gasteiger partial charge in [-0.25, -0.2) is 0 Å². The lowest BCUT2D eigenvalue weighted by Crippen LogP contribution is -2.19. The summed E-state index contributed by atoms with van der Waals surface area (Å²) in [6, 6.07) is 22.7. The fourth-order valence-corrected chi connectivity index (χ4v) is 3.41. The van der Waals surface area contributed by atoms with Crippen molar-refractivity contribution >= 4 is 22.2 Å². The second-order valence-corrected chi connectivity index (χ2v) is 7.18. The second-order valence-electron chi connectivity index (χ2n) is 7.18. The molecule has 0 atom stereocenters. The van der Waals surface area contributed by atoms with Crippen LogP contribution in [0.25, 0.3) is 16.4 Å². The van der Waals surface area contributed by atoms with E-state index in [1.807, 2.05) is 67.0 Å². The van der Waals surface area contributed by atoms with Crippen LogP contribution in [0, 0.1) is 11.3 Å². The molecule has 5 nitrogen and oxygen atoms in total. The van der Waals surface area contributed by atoms with Gasteiger partial charge in [0.1, 0.15) is 18.4 Å². The van der Waals surface area contributed by atoms with E-state index < -0.39 is 0 Å². The molecule has 0 saturated heterocycles. The molecule has 0 aliphatic carbocycles. The fraction of sp³-hybridized carbons (Fsp3) is 0.167. The minimum Gasteiger partial charge on any atom is -0.492 e. The Balaban J connectivity index is 1.88. The van der Waals surface area contributed by atoms with Gasteiger partial charge in [0.2, 0.25) is 5.78 Å². The lowest BCUT2D eigenvalue weighted by atomic mass is 10.1. The third-order valence-electron chi connectivity index (χ3n) is 4.90. The molecule has 2 aromatic carbocycles. The van der Waals surface area contributed by atoms with Gasteiger partial charge in [0, 0.05) is 18.2 Å². The number of fused-ring (bicyclic) bond motifs is 3. The molecule has 4 rings (SSSR count). The summed E-state index contributed by atoms with van der Waals surface area (Å²) in [6.45, 7) is 1.38. The number of aromatic nitrogens is 1. The lowest BCUT2D eigenvalue weighted by Gasteiger charge is -2.13. The molecule has 0 spiro atoms. The number of pyridine rings is 1. The SMILES string of the molecule is CN(C)CCOc1ccc2ccc3c(C#N)cc(C(=O)c4ccccc4)n3c2c1. The van der Waals surface area contributed by atoms with Crippen LogP contribution in [-0.2, 0) is 0 Å². The Labute approximate surface area is 169 Å². The Kier molecular flexibility index (Phi) is 5.03. The molecule has 2 aromatic heterocycles. The van der Waals surface area contributed by atoms with Crippen molar-refractivity contribution in [2.75, 3.05) is 27.2 Å². The Bertz CT molecular complexity index is 1230. The maximum Gasteiger partial charge on any atom is 0.209 e. The average molecular weight is 383 g/mol. The smallest absolute Gasteiger partial charge is 0.209 e. The van der Waals surface area contributed by atoms with Crippen molar-refractivity contribution in [1.82, 2.24) is 9.30 Å². The molecule has 29 heavy (non-hydrogen) atoms. The molecule has 0 aliphatic heterocycles. The minimum absolute atomic E-state index is 0.117. The monoisotopic (exact) mass is 383 g/mol. The van der Waals surface area contributed by atoms with Crippen molar-refractivity contribution in [3.63, 3.8) is 0 Å². The number of likely N-dealkylation sites (N-methyl/N-ethyl adjacent to an activating group) is 1. The highest BCUT2D eigenvalue weighted by Crippen LogP contribution is 2.28. The predicted molar refractivity (Wildman–Crippen MR) is 114 cm³/mol. The normalized spacial score (nSPS) is 11.1. The van der Waals surface area contributed by atoms with E-state index in [1.54, 1.807) is 18.2 Å². The van der Waals surface area contributed by atoms with Crippen LogP contribution in [0.3, 0.4) is 0 Å². The highest BCUT2D eigenvalue weighted by Gasteiger charge is 2.18. The average Bonchev–Trinajstić information content (AvgIpc) is 3.13. The number of hydrogen-bond donors (Lipinski definition) is 0. The zero-order chi connectivity index (χ0) is 20.4. The number of nitrogens with zero attached hydrogens (tertiary/aromatic N) is 3. The summed E-state index contributed by atoms with van der Waals surface area (Å²) >= 11 is 0. The zero-order valence-corrected chi connectivity index (χ0v) is 16.4. The van der Waals surface area contributed by atoms with Gasteiger partial charge >= 0.3 is 0 Å². The van der Waals surface area contributed by atoms with Gasteiger partial charge in [0.05, 0.1) is 22.3 Å². The standard InChI is InChI=1S/C24H21N3O2/c1-26(2)12-13-29-20-10-8-17-9-11-21-19(16-25)14-23(27(21)22(17)15-20)24(28)18-6-4-3-5-7-18/h3-11,14-15H,12-13H2,1-2H3. The molecule has 144 valence electrons. The minimum atomic E-state index is -0.117. The predicted octanol–water partition coefficient (Wildman–Crippen LogP) is 4.14. The summed E-state index contributed by atoms with van der Waals surface area (Å²) in [5.41, 5.74) is 3.09. The van der Waals surface area contributed by atoms with Gasteiger partial charge in [-0.1, -0.05) is 36.4 Å². The number of ether oxygens (including phenoxy) is 1. The van der Waals surface area contributed by atoms with E-state index in [1.165, 1.54) is 0 Å². The van der Waals surface area contributed by atoms with Crippen LogP contribution in [0.4, 0.5) is 0 Å². The quantitative estimate of drug-likeness (QED) is 0.470. The molecule has 0 aliphatic rings. The van der Waals surface area contributed by atoms with Gasteiger partial charge < -0.3 is 14.0 Å². The van der Waals surface area contributed by atoms with E-state index in [2.05, 4.69) is 11.0 Å². The van der Waals surface area contributed by atoms with E-state index >= 15 is 0 Å². The Morgan fingerprint density at radius 2 is 1.79 bits per heavy atom. The van der Waals surface area contributed by atoms with Crippen molar-refractivity contribution in [2.45, 2.75) is 0 Å². The molecule has 4 aromatic rings.